The predicted molar refractivity (Wildman–Crippen MR) is 140 cm³/mol. The highest BCUT2D eigenvalue weighted by Crippen LogP contribution is 2.34. The highest BCUT2D eigenvalue weighted by Gasteiger charge is 2.29. The van der Waals surface area contributed by atoms with Crippen LogP contribution in [-0.4, -0.2) is 4.98 Å². The van der Waals surface area contributed by atoms with E-state index in [-0.39, 0.29) is 5.41 Å². The van der Waals surface area contributed by atoms with Crippen molar-refractivity contribution in [3.63, 3.8) is 0 Å². The van der Waals surface area contributed by atoms with Crippen molar-refractivity contribution in [3.05, 3.63) is 95.3 Å². The molecule has 0 fully saturated rings. The number of pyridine rings is 1. The number of aromatic nitrogens is 3. The lowest BCUT2D eigenvalue weighted by Crippen LogP contribution is -2.38. The van der Waals surface area contributed by atoms with Gasteiger partial charge in [0.1, 0.15) is 18.3 Å². The second kappa shape index (κ2) is 8.02. The monoisotopic (exact) mass is 447 g/mol. The third-order valence-corrected chi connectivity index (χ3v) is 6.99. The average molecular weight is 448 g/mol. The molecule has 0 spiro atoms. The first-order chi connectivity index (χ1) is 16.2. The smallest absolute Gasteiger partial charge is 0.234 e. The summed E-state index contributed by atoms with van der Waals surface area (Å²) < 4.78 is 4.71. The Bertz CT molecular complexity index is 1570. The summed E-state index contributed by atoms with van der Waals surface area (Å²) in [5.74, 6) is 0. The maximum atomic E-state index is 4.99. The molecule has 0 aliphatic heterocycles. The summed E-state index contributed by atoms with van der Waals surface area (Å²) in [6.07, 6.45) is 0. The molecule has 5 aromatic rings. The van der Waals surface area contributed by atoms with Gasteiger partial charge in [-0.3, -0.25) is 0 Å². The van der Waals surface area contributed by atoms with Crippen molar-refractivity contribution in [2.75, 3.05) is 0 Å². The van der Waals surface area contributed by atoms with E-state index in [2.05, 4.69) is 131 Å². The Morgan fingerprint density at radius 2 is 1.44 bits per heavy atom. The van der Waals surface area contributed by atoms with Gasteiger partial charge in [-0.25, -0.2) is 4.98 Å². The lowest BCUT2D eigenvalue weighted by molar-refractivity contribution is -0.634. The maximum absolute atomic E-state index is 4.99. The molecule has 34 heavy (non-hydrogen) atoms. The van der Waals surface area contributed by atoms with E-state index in [4.69, 9.17) is 4.98 Å². The molecule has 0 atom stereocenters. The Balaban J connectivity index is 1.91. The number of rotatable bonds is 2. The Labute approximate surface area is 202 Å². The van der Waals surface area contributed by atoms with Crippen molar-refractivity contribution in [1.82, 2.24) is 4.98 Å². The van der Waals surface area contributed by atoms with Gasteiger partial charge in [-0.1, -0.05) is 45.0 Å². The number of para-hydroxylation sites is 3. The van der Waals surface area contributed by atoms with Crippen molar-refractivity contribution in [2.24, 2.45) is 7.05 Å². The van der Waals surface area contributed by atoms with Crippen molar-refractivity contribution in [3.8, 4) is 16.9 Å². The second-order valence-corrected chi connectivity index (χ2v) is 10.4. The number of hydrogen-bond acceptors (Lipinski definition) is 1. The first-order valence-corrected chi connectivity index (χ1v) is 12.0. The normalized spacial score (nSPS) is 12.0. The molecule has 0 N–H and O–H groups in total. The van der Waals surface area contributed by atoms with E-state index in [1.165, 1.54) is 44.7 Å². The Morgan fingerprint density at radius 3 is 2.18 bits per heavy atom. The van der Waals surface area contributed by atoms with Gasteiger partial charge in [0.25, 0.3) is 0 Å². The highest BCUT2D eigenvalue weighted by atomic mass is 15.0. The van der Waals surface area contributed by atoms with Crippen molar-refractivity contribution in [1.29, 1.82) is 0 Å². The molecule has 0 amide bonds. The summed E-state index contributed by atoms with van der Waals surface area (Å²) in [6.45, 7) is 13.4. The minimum Gasteiger partial charge on any atom is -0.240 e. The Morgan fingerprint density at radius 1 is 0.765 bits per heavy atom. The van der Waals surface area contributed by atoms with E-state index < -0.39 is 0 Å². The van der Waals surface area contributed by atoms with Gasteiger partial charge in [0.15, 0.2) is 5.69 Å². The van der Waals surface area contributed by atoms with E-state index in [1.54, 1.807) is 0 Å². The van der Waals surface area contributed by atoms with Gasteiger partial charge in [-0.15, -0.1) is 0 Å². The summed E-state index contributed by atoms with van der Waals surface area (Å²) in [4.78, 5) is 4.99. The fraction of sp³-hybridized carbons (Fsp3) is 0.258. The molecule has 0 saturated carbocycles. The Kier molecular flexibility index (Phi) is 5.24. The second-order valence-electron chi connectivity index (χ2n) is 10.4. The molecule has 0 radical (unpaired) electrons. The van der Waals surface area contributed by atoms with E-state index in [9.17, 15) is 0 Å². The zero-order valence-electron chi connectivity index (χ0n) is 21.3. The quantitative estimate of drug-likeness (QED) is 0.288. The van der Waals surface area contributed by atoms with E-state index >= 15 is 0 Å². The van der Waals surface area contributed by atoms with Gasteiger partial charge in [0.2, 0.25) is 22.4 Å². The highest BCUT2D eigenvalue weighted by molar-refractivity contribution is 5.78. The average Bonchev–Trinajstić information content (AvgIpc) is 2.80. The molecule has 0 aliphatic carbocycles. The maximum Gasteiger partial charge on any atom is 0.234 e. The van der Waals surface area contributed by atoms with Crippen LogP contribution in [0.25, 0.3) is 38.9 Å². The van der Waals surface area contributed by atoms with Gasteiger partial charge >= 0.3 is 0 Å². The van der Waals surface area contributed by atoms with Crippen LogP contribution in [-0.2, 0) is 12.5 Å². The molecule has 0 aliphatic rings. The lowest BCUT2D eigenvalue weighted by Gasteiger charge is -2.22. The largest absolute Gasteiger partial charge is 0.240 e. The minimum atomic E-state index is 0.00695. The molecule has 3 aromatic carbocycles. The van der Waals surface area contributed by atoms with Gasteiger partial charge in [0.05, 0.1) is 5.56 Å². The lowest BCUT2D eigenvalue weighted by atomic mass is 9.83. The summed E-state index contributed by atoms with van der Waals surface area (Å²) in [5, 5.41) is 1.24. The zero-order chi connectivity index (χ0) is 24.2. The molecule has 0 bridgehead atoms. The van der Waals surface area contributed by atoms with Gasteiger partial charge in [-0.2, -0.15) is 9.13 Å². The Hall–Kier alpha value is -3.59. The summed E-state index contributed by atoms with van der Waals surface area (Å²) in [6, 6.07) is 26.2. The zero-order valence-corrected chi connectivity index (χ0v) is 21.3. The SMILES string of the molecule is Cc1nc2ccccc2[n+](C)c1-c1cc(C(C)(C)C)cc(-[n+]2c(C)ccc3ccccc32)c1C. The minimum absolute atomic E-state index is 0.00695. The third kappa shape index (κ3) is 3.56. The number of nitrogens with zero attached hydrogens (tertiary/aromatic N) is 3. The van der Waals surface area contributed by atoms with E-state index in [1.807, 2.05) is 0 Å². The summed E-state index contributed by atoms with van der Waals surface area (Å²) in [7, 11) is 2.16. The molecule has 3 heteroatoms. The molecule has 170 valence electrons. The van der Waals surface area contributed by atoms with E-state index in [0.29, 0.717) is 0 Å². The van der Waals surface area contributed by atoms with Crippen LogP contribution in [0.5, 0.6) is 0 Å². The number of aryl methyl sites for hydroxylation is 3. The number of hydrogen-bond donors (Lipinski definition) is 0. The van der Waals surface area contributed by atoms with Crippen molar-refractivity contribution >= 4 is 21.9 Å². The number of fused-ring (bicyclic) bond motifs is 2. The van der Waals surface area contributed by atoms with Crippen LogP contribution in [0.2, 0.25) is 0 Å². The predicted octanol–water partition coefficient (Wildman–Crippen LogP) is 6.38. The fourth-order valence-electron chi connectivity index (χ4n) is 5.05. The van der Waals surface area contributed by atoms with Gasteiger partial charge < -0.3 is 0 Å². The van der Waals surface area contributed by atoms with Crippen LogP contribution in [0.4, 0.5) is 0 Å². The van der Waals surface area contributed by atoms with Crippen molar-refractivity contribution in [2.45, 2.75) is 47.0 Å². The standard InChI is InChI=1S/C31H33N3/c1-20-16-17-23-12-8-10-14-27(23)34(20)29-19-24(31(4,5)6)18-25(21(29)2)30-22(3)32-26-13-9-11-15-28(26)33(30)7/h8-19H,1-7H3/q+2. The van der Waals surface area contributed by atoms with Gasteiger partial charge in [-0.05, 0) is 49.1 Å². The number of benzene rings is 3. The molecule has 5 rings (SSSR count). The van der Waals surface area contributed by atoms with Gasteiger partial charge in [0, 0.05) is 42.1 Å². The van der Waals surface area contributed by atoms with Crippen molar-refractivity contribution < 1.29 is 9.13 Å². The van der Waals surface area contributed by atoms with E-state index in [0.717, 1.165) is 16.7 Å². The first-order valence-electron chi connectivity index (χ1n) is 12.0. The molecular formula is C31H33N3+2. The van der Waals surface area contributed by atoms with Crippen LogP contribution in [0, 0.1) is 20.8 Å². The first kappa shape index (κ1) is 22.2. The molecular weight excluding hydrogens is 414 g/mol. The molecule has 0 unspecified atom stereocenters. The van der Waals surface area contributed by atoms with Crippen LogP contribution in [0.3, 0.4) is 0 Å². The molecule has 2 heterocycles. The van der Waals surface area contributed by atoms with Crippen LogP contribution >= 0.6 is 0 Å². The summed E-state index contributed by atoms with van der Waals surface area (Å²) >= 11 is 0. The molecule has 2 aromatic heterocycles. The molecule has 3 nitrogen and oxygen atoms in total. The fourth-order valence-corrected chi connectivity index (χ4v) is 5.05. The topological polar surface area (TPSA) is 20.6 Å². The van der Waals surface area contributed by atoms with Crippen LogP contribution in [0.15, 0.2) is 72.8 Å². The van der Waals surface area contributed by atoms with Crippen LogP contribution < -0.4 is 9.13 Å². The third-order valence-electron chi connectivity index (χ3n) is 6.99. The molecule has 0 saturated heterocycles. The van der Waals surface area contributed by atoms with Crippen LogP contribution in [0.1, 0.15) is 43.3 Å². The summed E-state index contributed by atoms with van der Waals surface area (Å²) in [5.41, 5.74) is 11.9.